The number of anilines is 2. The minimum absolute atomic E-state index is 0.476. The van der Waals surface area contributed by atoms with E-state index in [1.54, 1.807) is 0 Å². The van der Waals surface area contributed by atoms with Crippen LogP contribution in [0, 0.1) is 11.3 Å². The van der Waals surface area contributed by atoms with Crippen LogP contribution >= 0.6 is 0 Å². The summed E-state index contributed by atoms with van der Waals surface area (Å²) in [5.74, 6) is 0.905. The highest BCUT2D eigenvalue weighted by Crippen LogP contribution is 2.46. The fourth-order valence-corrected chi connectivity index (χ4v) is 5.82. The SMILES string of the molecule is CC(C)(C)C1CCC(N2[C@H]3CC[C@@H]2[C@H](Nc2ccccc2N)C3)CC1. The Morgan fingerprint density at radius 1 is 0.960 bits per heavy atom. The third kappa shape index (κ3) is 3.28. The average molecular weight is 342 g/mol. The molecule has 1 aromatic carbocycles. The second-order valence-electron chi connectivity index (χ2n) is 9.69. The summed E-state index contributed by atoms with van der Waals surface area (Å²) in [6, 6.07) is 11.1. The van der Waals surface area contributed by atoms with Crippen molar-refractivity contribution in [1.29, 1.82) is 0 Å². The molecule has 1 aliphatic carbocycles. The molecule has 25 heavy (non-hydrogen) atoms. The lowest BCUT2D eigenvalue weighted by Gasteiger charge is -2.41. The van der Waals surface area contributed by atoms with Crippen molar-refractivity contribution in [3.05, 3.63) is 24.3 Å². The zero-order valence-electron chi connectivity index (χ0n) is 16.2. The molecule has 0 spiro atoms. The Morgan fingerprint density at radius 3 is 2.32 bits per heavy atom. The fourth-order valence-electron chi connectivity index (χ4n) is 5.82. The summed E-state index contributed by atoms with van der Waals surface area (Å²) in [7, 11) is 0. The molecule has 0 radical (unpaired) electrons. The average Bonchev–Trinajstić information content (AvgIpc) is 3.14. The van der Waals surface area contributed by atoms with Crippen LogP contribution in [0.3, 0.4) is 0 Å². The number of rotatable bonds is 3. The molecule has 3 N–H and O–H groups in total. The molecule has 0 aromatic heterocycles. The van der Waals surface area contributed by atoms with Gasteiger partial charge in [0.2, 0.25) is 0 Å². The molecule has 2 aliphatic heterocycles. The first-order chi connectivity index (χ1) is 11.9. The van der Waals surface area contributed by atoms with Crippen LogP contribution in [0.1, 0.15) is 65.7 Å². The lowest BCUT2D eigenvalue weighted by molar-refractivity contribution is 0.0844. The molecular weight excluding hydrogens is 306 g/mol. The third-order valence-electron chi connectivity index (χ3n) is 7.24. The molecule has 3 nitrogen and oxygen atoms in total. The number of nitrogen functional groups attached to an aromatic ring is 1. The smallest absolute Gasteiger partial charge is 0.0576 e. The lowest BCUT2D eigenvalue weighted by Crippen LogP contribution is -2.45. The first-order valence-corrected chi connectivity index (χ1v) is 10.3. The molecule has 2 heterocycles. The summed E-state index contributed by atoms with van der Waals surface area (Å²) < 4.78 is 0. The monoisotopic (exact) mass is 341 g/mol. The zero-order valence-corrected chi connectivity index (χ0v) is 16.2. The number of para-hydroxylation sites is 2. The van der Waals surface area contributed by atoms with E-state index in [1.165, 1.54) is 44.9 Å². The Labute approximate surface area is 153 Å². The summed E-state index contributed by atoms with van der Waals surface area (Å²) in [5.41, 5.74) is 8.63. The van der Waals surface area contributed by atoms with Gasteiger partial charge in [0.1, 0.15) is 0 Å². The third-order valence-corrected chi connectivity index (χ3v) is 7.24. The van der Waals surface area contributed by atoms with Gasteiger partial charge in [-0.05, 0) is 68.4 Å². The van der Waals surface area contributed by atoms with E-state index >= 15 is 0 Å². The maximum atomic E-state index is 6.15. The molecule has 0 unspecified atom stereocenters. The maximum absolute atomic E-state index is 6.15. The van der Waals surface area contributed by atoms with Crippen molar-refractivity contribution in [2.75, 3.05) is 11.1 Å². The van der Waals surface area contributed by atoms with Crippen LogP contribution in [0.15, 0.2) is 24.3 Å². The molecule has 1 aromatic rings. The number of benzene rings is 1. The van der Waals surface area contributed by atoms with Gasteiger partial charge in [0.25, 0.3) is 0 Å². The molecule has 3 fully saturated rings. The lowest BCUT2D eigenvalue weighted by atomic mass is 9.71. The molecule has 3 heteroatoms. The Bertz CT molecular complexity index is 598. The van der Waals surface area contributed by atoms with E-state index in [9.17, 15) is 0 Å². The van der Waals surface area contributed by atoms with Crippen LogP contribution in [0.2, 0.25) is 0 Å². The Balaban J connectivity index is 1.41. The van der Waals surface area contributed by atoms with Crippen molar-refractivity contribution in [3.8, 4) is 0 Å². The predicted molar refractivity (Wildman–Crippen MR) is 107 cm³/mol. The molecule has 3 aliphatic rings. The quantitative estimate of drug-likeness (QED) is 0.769. The standard InChI is InChI=1S/C22H35N3/c1-22(2,3)15-8-10-16(11-9-15)25-17-12-13-21(25)20(14-17)24-19-7-5-4-6-18(19)23/h4-7,15-17,20-21,24H,8-14,23H2,1-3H3/t15?,16?,17-,20+,21+/m0/s1. The van der Waals surface area contributed by atoms with Gasteiger partial charge in [0.15, 0.2) is 0 Å². The molecule has 1 saturated carbocycles. The van der Waals surface area contributed by atoms with E-state index in [0.29, 0.717) is 17.5 Å². The predicted octanol–water partition coefficient (Wildman–Crippen LogP) is 4.89. The van der Waals surface area contributed by atoms with Crippen LogP contribution in [-0.4, -0.2) is 29.1 Å². The minimum Gasteiger partial charge on any atom is -0.397 e. The van der Waals surface area contributed by atoms with Crippen molar-refractivity contribution < 1.29 is 0 Å². The normalized spacial score (nSPS) is 35.9. The van der Waals surface area contributed by atoms with Gasteiger partial charge in [-0.1, -0.05) is 32.9 Å². The minimum atomic E-state index is 0.476. The molecule has 2 saturated heterocycles. The van der Waals surface area contributed by atoms with E-state index in [1.807, 2.05) is 12.1 Å². The van der Waals surface area contributed by atoms with Crippen molar-refractivity contribution in [3.63, 3.8) is 0 Å². The van der Waals surface area contributed by atoms with E-state index in [2.05, 4.69) is 43.1 Å². The van der Waals surface area contributed by atoms with Crippen LogP contribution in [-0.2, 0) is 0 Å². The molecule has 4 rings (SSSR count). The maximum Gasteiger partial charge on any atom is 0.0576 e. The van der Waals surface area contributed by atoms with Crippen LogP contribution < -0.4 is 11.1 Å². The zero-order chi connectivity index (χ0) is 17.6. The molecular formula is C22H35N3. The number of nitrogens with zero attached hydrogens (tertiary/aromatic N) is 1. The van der Waals surface area contributed by atoms with Gasteiger partial charge in [-0.2, -0.15) is 0 Å². The van der Waals surface area contributed by atoms with Gasteiger partial charge in [-0.25, -0.2) is 0 Å². The first kappa shape index (κ1) is 17.2. The molecule has 2 bridgehead atoms. The first-order valence-electron chi connectivity index (χ1n) is 10.3. The van der Waals surface area contributed by atoms with Gasteiger partial charge >= 0.3 is 0 Å². The number of nitrogens with two attached hydrogens (primary N) is 1. The van der Waals surface area contributed by atoms with Crippen LogP contribution in [0.25, 0.3) is 0 Å². The highest BCUT2D eigenvalue weighted by atomic mass is 15.3. The number of nitrogens with one attached hydrogen (secondary N) is 1. The van der Waals surface area contributed by atoms with E-state index in [0.717, 1.165) is 29.4 Å². The fraction of sp³-hybridized carbons (Fsp3) is 0.727. The van der Waals surface area contributed by atoms with Gasteiger partial charge in [0.05, 0.1) is 11.4 Å². The molecule has 138 valence electrons. The molecule has 3 atom stereocenters. The van der Waals surface area contributed by atoms with E-state index in [4.69, 9.17) is 5.73 Å². The summed E-state index contributed by atoms with van der Waals surface area (Å²) in [5, 5.41) is 3.78. The van der Waals surface area contributed by atoms with Gasteiger partial charge < -0.3 is 11.1 Å². The highest BCUT2D eigenvalue weighted by molar-refractivity contribution is 5.66. The van der Waals surface area contributed by atoms with Crippen molar-refractivity contribution >= 4 is 11.4 Å². The van der Waals surface area contributed by atoms with Crippen LogP contribution in [0.4, 0.5) is 11.4 Å². The Kier molecular flexibility index (Phi) is 4.47. The van der Waals surface area contributed by atoms with E-state index < -0.39 is 0 Å². The van der Waals surface area contributed by atoms with Crippen LogP contribution in [0.5, 0.6) is 0 Å². The Hall–Kier alpha value is -1.22. The van der Waals surface area contributed by atoms with Crippen molar-refractivity contribution in [2.24, 2.45) is 11.3 Å². The topological polar surface area (TPSA) is 41.3 Å². The summed E-state index contributed by atoms with van der Waals surface area (Å²) in [6.45, 7) is 7.26. The summed E-state index contributed by atoms with van der Waals surface area (Å²) in [6.07, 6.45) is 9.66. The van der Waals surface area contributed by atoms with Crippen molar-refractivity contribution in [2.45, 2.75) is 89.9 Å². The number of fused-ring (bicyclic) bond motifs is 2. The summed E-state index contributed by atoms with van der Waals surface area (Å²) in [4.78, 5) is 2.91. The molecule has 0 amide bonds. The Morgan fingerprint density at radius 2 is 1.64 bits per heavy atom. The largest absolute Gasteiger partial charge is 0.397 e. The van der Waals surface area contributed by atoms with Gasteiger partial charge in [-0.15, -0.1) is 0 Å². The van der Waals surface area contributed by atoms with Gasteiger partial charge in [0, 0.05) is 24.2 Å². The summed E-state index contributed by atoms with van der Waals surface area (Å²) >= 11 is 0. The number of hydrogen-bond donors (Lipinski definition) is 2. The highest BCUT2D eigenvalue weighted by Gasteiger charge is 2.49. The van der Waals surface area contributed by atoms with Gasteiger partial charge in [-0.3, -0.25) is 4.90 Å². The van der Waals surface area contributed by atoms with E-state index in [-0.39, 0.29) is 0 Å². The second-order valence-corrected chi connectivity index (χ2v) is 9.69. The number of hydrogen-bond acceptors (Lipinski definition) is 3. The second kappa shape index (κ2) is 6.50. The van der Waals surface area contributed by atoms with Crippen molar-refractivity contribution in [1.82, 2.24) is 4.90 Å².